The molecule has 154 valence electrons. The Kier molecular flexibility index (Phi) is 5.46. The van der Waals surface area contributed by atoms with Gasteiger partial charge in [-0.15, -0.1) is 0 Å². The number of hydrogen-bond donors (Lipinski definition) is 3. The smallest absolute Gasteiger partial charge is 0.403 e. The third kappa shape index (κ3) is 4.08. The number of halogens is 1. The molecule has 0 aliphatic heterocycles. The van der Waals surface area contributed by atoms with Gasteiger partial charge in [-0.3, -0.25) is 9.42 Å². The van der Waals surface area contributed by atoms with Crippen LogP contribution in [0.3, 0.4) is 0 Å². The maximum Gasteiger partial charge on any atom is 0.527 e. The van der Waals surface area contributed by atoms with Crippen LogP contribution in [0.4, 0.5) is 5.95 Å². The number of aliphatic hydroxyl groups is 1. The predicted octanol–water partition coefficient (Wildman–Crippen LogP) is 2.43. The van der Waals surface area contributed by atoms with Gasteiger partial charge < -0.3 is 19.9 Å². The Morgan fingerprint density at radius 2 is 2.14 bits per heavy atom. The molecule has 0 radical (unpaired) electrons. The van der Waals surface area contributed by atoms with Gasteiger partial charge in [0.25, 0.3) is 0 Å². The van der Waals surface area contributed by atoms with Gasteiger partial charge in [-0.1, -0.05) is 23.7 Å². The van der Waals surface area contributed by atoms with Crippen molar-refractivity contribution < 1.29 is 23.6 Å². The highest BCUT2D eigenvalue weighted by Gasteiger charge is 2.43. The number of anilines is 1. The molecule has 4 rings (SSSR count). The number of imidazole rings is 1. The molecule has 29 heavy (non-hydrogen) atoms. The van der Waals surface area contributed by atoms with Crippen molar-refractivity contribution in [2.45, 2.75) is 12.5 Å². The van der Waals surface area contributed by atoms with Crippen LogP contribution in [-0.2, 0) is 9.09 Å². The van der Waals surface area contributed by atoms with E-state index >= 15 is 0 Å². The van der Waals surface area contributed by atoms with Crippen molar-refractivity contribution in [1.29, 1.82) is 0 Å². The first kappa shape index (κ1) is 20.1. The molecule has 1 saturated carbocycles. The highest BCUT2D eigenvalue weighted by Crippen LogP contribution is 2.50. The molecule has 2 aromatic heterocycles. The van der Waals surface area contributed by atoms with E-state index in [1.165, 1.54) is 12.3 Å². The highest BCUT2D eigenvalue weighted by molar-refractivity contribution is 7.47. The summed E-state index contributed by atoms with van der Waals surface area (Å²) in [5.74, 6) is -0.148. The summed E-state index contributed by atoms with van der Waals surface area (Å²) in [5.41, 5.74) is 6.84. The molecule has 4 atom stereocenters. The number of benzene rings is 1. The minimum absolute atomic E-state index is 0.0519. The minimum atomic E-state index is -4.36. The van der Waals surface area contributed by atoms with Gasteiger partial charge >= 0.3 is 7.82 Å². The average Bonchev–Trinajstić information content (AvgIpc) is 3.05. The number of hydrogen-bond acceptors (Lipinski definition) is 8. The summed E-state index contributed by atoms with van der Waals surface area (Å²) in [5, 5.41) is 10.0. The van der Waals surface area contributed by atoms with E-state index < -0.39 is 7.82 Å². The van der Waals surface area contributed by atoms with Crippen molar-refractivity contribution in [2.24, 2.45) is 11.8 Å². The van der Waals surface area contributed by atoms with Crippen LogP contribution in [-0.4, -0.2) is 42.7 Å². The number of aliphatic hydroxyl groups excluding tert-OH is 1. The van der Waals surface area contributed by atoms with Gasteiger partial charge in [-0.05, 0) is 24.5 Å². The third-order valence-corrected chi connectivity index (χ3v) is 6.26. The first-order valence-electron chi connectivity index (χ1n) is 8.85. The summed E-state index contributed by atoms with van der Waals surface area (Å²) in [6.45, 7) is -0.177. The Balaban J connectivity index is 1.41. The van der Waals surface area contributed by atoms with Gasteiger partial charge in [0, 0.05) is 18.6 Å². The Bertz CT molecular complexity index is 1080. The van der Waals surface area contributed by atoms with Gasteiger partial charge in [0.05, 0.1) is 24.2 Å². The van der Waals surface area contributed by atoms with Crippen molar-refractivity contribution in [3.05, 3.63) is 41.8 Å². The van der Waals surface area contributed by atoms with E-state index in [4.69, 9.17) is 26.4 Å². The number of nitrogen functional groups attached to an aromatic ring is 1. The topological polar surface area (TPSA) is 146 Å². The molecule has 0 amide bonds. The monoisotopic (exact) mass is 439 g/mol. The fourth-order valence-electron chi connectivity index (χ4n) is 3.50. The van der Waals surface area contributed by atoms with E-state index in [1.807, 2.05) is 4.57 Å². The number of aromatic nitrogens is 4. The van der Waals surface area contributed by atoms with Crippen LogP contribution in [0, 0.1) is 11.8 Å². The molecule has 0 bridgehead atoms. The van der Waals surface area contributed by atoms with Crippen molar-refractivity contribution in [3.8, 4) is 5.75 Å². The quantitative estimate of drug-likeness (QED) is 0.472. The fraction of sp³-hybridized carbons (Fsp3) is 0.353. The number of nitrogens with zero attached hydrogens (tertiary/aromatic N) is 4. The number of phosphoric acid groups is 1. The molecule has 1 aliphatic carbocycles. The van der Waals surface area contributed by atoms with E-state index in [9.17, 15) is 14.6 Å². The lowest BCUT2D eigenvalue weighted by molar-refractivity contribution is -0.00487. The molecule has 0 spiro atoms. The maximum atomic E-state index is 12.2. The van der Waals surface area contributed by atoms with E-state index in [2.05, 4.69) is 15.0 Å². The van der Waals surface area contributed by atoms with Gasteiger partial charge in [0.2, 0.25) is 5.95 Å². The zero-order valence-corrected chi connectivity index (χ0v) is 16.8. The average molecular weight is 440 g/mol. The number of rotatable bonds is 7. The van der Waals surface area contributed by atoms with Crippen molar-refractivity contribution in [1.82, 2.24) is 19.5 Å². The molecule has 1 aliphatic rings. The van der Waals surface area contributed by atoms with Crippen molar-refractivity contribution in [2.75, 3.05) is 18.9 Å². The zero-order valence-electron chi connectivity index (χ0n) is 15.1. The molecule has 4 N–H and O–H groups in total. The summed E-state index contributed by atoms with van der Waals surface area (Å²) in [6, 6.07) is 6.24. The minimum Gasteiger partial charge on any atom is -0.403 e. The molecule has 2 heterocycles. The van der Waals surface area contributed by atoms with E-state index in [-0.39, 0.29) is 47.8 Å². The third-order valence-electron chi connectivity index (χ3n) is 5.05. The van der Waals surface area contributed by atoms with Crippen molar-refractivity contribution in [3.63, 3.8) is 0 Å². The highest BCUT2D eigenvalue weighted by atomic mass is 35.5. The van der Waals surface area contributed by atoms with Crippen LogP contribution in [0.2, 0.25) is 5.02 Å². The number of fused-ring (bicyclic) bond motifs is 1. The summed E-state index contributed by atoms with van der Waals surface area (Å²) in [4.78, 5) is 22.4. The lowest BCUT2D eigenvalue weighted by atomic mass is 9.70. The molecular formula is C17H19ClN5O5P. The number of para-hydroxylation sites is 1. The van der Waals surface area contributed by atoms with E-state index in [1.54, 1.807) is 24.5 Å². The molecule has 1 fully saturated rings. The molecule has 1 aromatic carbocycles. The fourth-order valence-corrected chi connectivity index (χ4v) is 4.57. The Labute approximate surface area is 170 Å². The lowest BCUT2D eigenvalue weighted by Gasteiger charge is -2.44. The second-order valence-corrected chi connectivity index (χ2v) is 8.57. The SMILES string of the molecule is Nc1ncc2ncn([C@@H]3C[C@H](COP(=O)(O)Oc4ccccc4Cl)[C@@H]3CO)c2n1. The van der Waals surface area contributed by atoms with E-state index in [0.717, 1.165) is 0 Å². The Morgan fingerprint density at radius 3 is 2.90 bits per heavy atom. The van der Waals surface area contributed by atoms with Crippen LogP contribution in [0.25, 0.3) is 11.2 Å². The zero-order chi connectivity index (χ0) is 20.6. The van der Waals surface area contributed by atoms with Crippen LogP contribution < -0.4 is 10.3 Å². The van der Waals surface area contributed by atoms with Gasteiger partial charge in [-0.2, -0.15) is 4.98 Å². The van der Waals surface area contributed by atoms with Gasteiger partial charge in [-0.25, -0.2) is 14.5 Å². The maximum absolute atomic E-state index is 12.2. The van der Waals surface area contributed by atoms with Crippen LogP contribution >= 0.6 is 19.4 Å². The van der Waals surface area contributed by atoms with Crippen molar-refractivity contribution >= 4 is 36.5 Å². The number of nitrogens with two attached hydrogens (primary N) is 1. The largest absolute Gasteiger partial charge is 0.527 e. The summed E-state index contributed by atoms with van der Waals surface area (Å²) in [7, 11) is -4.36. The lowest BCUT2D eigenvalue weighted by Crippen LogP contribution is -2.42. The Hall–Kier alpha value is -2.23. The van der Waals surface area contributed by atoms with Gasteiger partial charge in [0.1, 0.15) is 11.3 Å². The summed E-state index contributed by atoms with van der Waals surface area (Å²) >= 11 is 5.94. The predicted molar refractivity (Wildman–Crippen MR) is 105 cm³/mol. The van der Waals surface area contributed by atoms with E-state index in [0.29, 0.717) is 17.6 Å². The summed E-state index contributed by atoms with van der Waals surface area (Å²) in [6.07, 6.45) is 3.77. The van der Waals surface area contributed by atoms with Crippen LogP contribution in [0.15, 0.2) is 36.8 Å². The second-order valence-electron chi connectivity index (χ2n) is 6.78. The molecule has 1 unspecified atom stereocenters. The van der Waals surface area contributed by atoms with Gasteiger partial charge in [0.15, 0.2) is 5.65 Å². The first-order chi connectivity index (χ1) is 13.9. The normalized spacial score (nSPS) is 23.5. The summed E-state index contributed by atoms with van der Waals surface area (Å²) < 4.78 is 24.3. The molecule has 0 saturated heterocycles. The molecule has 12 heteroatoms. The molecule has 3 aromatic rings. The van der Waals surface area contributed by atoms with Crippen LogP contribution in [0.1, 0.15) is 12.5 Å². The molecular weight excluding hydrogens is 421 g/mol. The van der Waals surface area contributed by atoms with Crippen LogP contribution in [0.5, 0.6) is 5.75 Å². The first-order valence-corrected chi connectivity index (χ1v) is 10.7. The standard InChI is InChI=1S/C17H19ClN5O5P/c18-12-3-1-2-4-15(12)28-29(25,26)27-8-10-5-14(11(10)7-24)23-9-21-13-6-20-17(19)22-16(13)23/h1-4,6,9-11,14,24H,5,7-8H2,(H,25,26)(H2,19,20,22)/t10-,11+,14-/m1/s1. The molecule has 10 nitrogen and oxygen atoms in total. The Morgan fingerprint density at radius 1 is 1.34 bits per heavy atom. The number of phosphoric ester groups is 1. The second kappa shape index (κ2) is 7.89.